The van der Waals surface area contributed by atoms with E-state index in [1.165, 1.54) is 35.6 Å². The van der Waals surface area contributed by atoms with E-state index in [2.05, 4.69) is 10.0 Å². The van der Waals surface area contributed by atoms with Crippen molar-refractivity contribution < 1.29 is 55.6 Å². The smallest absolute Gasteiger partial charge is 0.407 e. The molecular formula is C39H52N4O12S2. The van der Waals surface area contributed by atoms with Crippen molar-refractivity contribution in [2.45, 2.75) is 86.6 Å². The lowest BCUT2D eigenvalue weighted by Gasteiger charge is -2.38. The van der Waals surface area contributed by atoms with Crippen molar-refractivity contribution in [3.8, 4) is 22.6 Å². The first-order chi connectivity index (χ1) is 26.8. The Bertz CT molecular complexity index is 2100. The molecule has 2 aliphatic heterocycles. The Kier molecular flexibility index (Phi) is 13.8. The third-order valence-electron chi connectivity index (χ3n) is 9.73. The van der Waals surface area contributed by atoms with E-state index in [0.29, 0.717) is 19.3 Å². The number of benzene rings is 3. The lowest BCUT2D eigenvalue weighted by molar-refractivity contribution is -0.0319. The van der Waals surface area contributed by atoms with Crippen molar-refractivity contribution in [3.63, 3.8) is 0 Å². The Hall–Kier alpha value is -4.46. The van der Waals surface area contributed by atoms with Crippen LogP contribution in [0.2, 0.25) is 0 Å². The molecule has 2 amide bonds. The summed E-state index contributed by atoms with van der Waals surface area (Å²) in [5.74, 6) is 0.414. The van der Waals surface area contributed by atoms with Gasteiger partial charge in [0.1, 0.15) is 34.7 Å². The summed E-state index contributed by atoms with van der Waals surface area (Å²) in [7, 11) is -6.41. The number of piperidine rings is 1. The van der Waals surface area contributed by atoms with Gasteiger partial charge in [-0.1, -0.05) is 36.4 Å². The highest BCUT2D eigenvalue weighted by molar-refractivity contribution is 7.89. The first kappa shape index (κ1) is 43.7. The molecular weight excluding hydrogens is 781 g/mol. The minimum atomic E-state index is -3.98. The number of nitrogens with one attached hydrogen (secondary N) is 2. The number of amides is 2. The zero-order valence-electron chi connectivity index (χ0n) is 32.8. The van der Waals surface area contributed by atoms with E-state index in [9.17, 15) is 36.6 Å². The number of hydrogen-bond acceptors (Lipinski definition) is 11. The number of carbonyl (C=O) groups excluding carboxylic acids is 1. The molecule has 1 spiro atoms. The summed E-state index contributed by atoms with van der Waals surface area (Å²) < 4.78 is 78.8. The van der Waals surface area contributed by atoms with Crippen LogP contribution in [0.1, 0.15) is 52.5 Å². The molecule has 18 heteroatoms. The number of carboxylic acid groups (broad SMARTS) is 1. The molecule has 2 unspecified atom stereocenters. The molecule has 2 heterocycles. The van der Waals surface area contributed by atoms with Gasteiger partial charge >= 0.3 is 12.2 Å². The number of aliphatic hydroxyl groups is 1. The van der Waals surface area contributed by atoms with Crippen LogP contribution in [0.3, 0.4) is 0 Å². The third kappa shape index (κ3) is 11.1. The molecule has 312 valence electrons. The van der Waals surface area contributed by atoms with Crippen LogP contribution < -0.4 is 19.5 Å². The SMILES string of the molecule is CCOc1cc(-c2ccc(CNC(=O)OC(C)(C)C)cc2)ccc1S(=O)(=O)N1CCC2(CC1)CC(N(CC(O)COc1cccc(S(=O)(=O)NC)c1)C(=O)O)CO2. The van der Waals surface area contributed by atoms with Gasteiger partial charge in [-0.15, -0.1) is 0 Å². The number of rotatable bonds is 15. The molecule has 4 N–H and O–H groups in total. The zero-order valence-corrected chi connectivity index (χ0v) is 34.4. The summed E-state index contributed by atoms with van der Waals surface area (Å²) >= 11 is 0. The minimum absolute atomic E-state index is 0.0182. The average molecular weight is 833 g/mol. The van der Waals surface area contributed by atoms with Gasteiger partial charge in [-0.25, -0.2) is 31.1 Å². The molecule has 5 rings (SSSR count). The molecule has 2 aliphatic rings. The van der Waals surface area contributed by atoms with Gasteiger partial charge < -0.3 is 39.4 Å². The first-order valence-corrected chi connectivity index (χ1v) is 21.6. The van der Waals surface area contributed by atoms with Crippen molar-refractivity contribution in [2.24, 2.45) is 0 Å². The highest BCUT2D eigenvalue weighted by Gasteiger charge is 2.47. The summed E-state index contributed by atoms with van der Waals surface area (Å²) in [5, 5.41) is 23.5. The number of carbonyl (C=O) groups is 2. The van der Waals surface area contributed by atoms with Crippen LogP contribution in [0.4, 0.5) is 9.59 Å². The summed E-state index contributed by atoms with van der Waals surface area (Å²) in [6.07, 6.45) is -2.00. The number of sulfonamides is 2. The fourth-order valence-corrected chi connectivity index (χ4v) is 9.14. The second kappa shape index (κ2) is 18.0. The van der Waals surface area contributed by atoms with E-state index in [1.54, 1.807) is 45.9 Å². The van der Waals surface area contributed by atoms with Gasteiger partial charge in [-0.05, 0) is 95.0 Å². The maximum Gasteiger partial charge on any atom is 0.407 e. The summed E-state index contributed by atoms with van der Waals surface area (Å²) in [5.41, 5.74) is 1.09. The Morgan fingerprint density at radius 2 is 1.68 bits per heavy atom. The average Bonchev–Trinajstić information content (AvgIpc) is 3.57. The van der Waals surface area contributed by atoms with Gasteiger partial charge in [0.25, 0.3) is 0 Å². The molecule has 0 saturated carbocycles. The minimum Gasteiger partial charge on any atom is -0.492 e. The van der Waals surface area contributed by atoms with Gasteiger partial charge in [0.15, 0.2) is 0 Å². The molecule has 0 bridgehead atoms. The highest BCUT2D eigenvalue weighted by atomic mass is 32.2. The topological polar surface area (TPSA) is 210 Å². The summed E-state index contributed by atoms with van der Waals surface area (Å²) in [6, 6.07) is 17.6. The van der Waals surface area contributed by atoms with Crippen LogP contribution in [-0.2, 0) is 36.1 Å². The van der Waals surface area contributed by atoms with Crippen molar-refractivity contribution in [3.05, 3.63) is 72.3 Å². The first-order valence-electron chi connectivity index (χ1n) is 18.7. The van der Waals surface area contributed by atoms with Gasteiger partial charge in [-0.3, -0.25) is 0 Å². The predicted octanol–water partition coefficient (Wildman–Crippen LogP) is 4.42. The lowest BCUT2D eigenvalue weighted by atomic mass is 9.88. The van der Waals surface area contributed by atoms with E-state index in [-0.39, 0.29) is 67.3 Å². The number of hydrogen-bond donors (Lipinski definition) is 4. The van der Waals surface area contributed by atoms with Gasteiger partial charge in [0.05, 0.1) is 36.3 Å². The Morgan fingerprint density at radius 3 is 2.32 bits per heavy atom. The molecule has 2 atom stereocenters. The maximum atomic E-state index is 14.0. The normalized spacial score (nSPS) is 17.8. The van der Waals surface area contributed by atoms with Crippen molar-refractivity contribution in [2.75, 3.05) is 46.5 Å². The second-order valence-electron chi connectivity index (χ2n) is 15.0. The van der Waals surface area contributed by atoms with E-state index < -0.39 is 55.6 Å². The molecule has 3 aromatic rings. The quantitative estimate of drug-likeness (QED) is 0.168. The number of alkyl carbamates (subject to hydrolysis) is 1. The van der Waals surface area contributed by atoms with Gasteiger partial charge in [-0.2, -0.15) is 4.31 Å². The van der Waals surface area contributed by atoms with Crippen molar-refractivity contribution >= 4 is 32.2 Å². The molecule has 57 heavy (non-hydrogen) atoms. The Labute approximate surface area is 334 Å². The Morgan fingerprint density at radius 1 is 1.00 bits per heavy atom. The van der Waals surface area contributed by atoms with E-state index in [4.69, 9.17) is 18.9 Å². The second-order valence-corrected chi connectivity index (χ2v) is 18.8. The van der Waals surface area contributed by atoms with E-state index in [0.717, 1.165) is 21.6 Å². The largest absolute Gasteiger partial charge is 0.492 e. The van der Waals surface area contributed by atoms with Crippen LogP contribution in [0, 0.1) is 0 Å². The molecule has 0 aromatic heterocycles. The zero-order chi connectivity index (χ0) is 41.6. The van der Waals surface area contributed by atoms with Crippen LogP contribution in [-0.4, -0.2) is 118 Å². The molecule has 2 fully saturated rings. The van der Waals surface area contributed by atoms with Crippen LogP contribution >= 0.6 is 0 Å². The fraction of sp³-hybridized carbons (Fsp3) is 0.487. The maximum absolute atomic E-state index is 14.0. The summed E-state index contributed by atoms with van der Waals surface area (Å²) in [4.78, 5) is 25.5. The van der Waals surface area contributed by atoms with Crippen LogP contribution in [0.15, 0.2) is 76.5 Å². The molecule has 3 aromatic carbocycles. The number of aliphatic hydroxyl groups excluding tert-OH is 1. The van der Waals surface area contributed by atoms with Gasteiger partial charge in [0, 0.05) is 25.7 Å². The van der Waals surface area contributed by atoms with E-state index >= 15 is 0 Å². The number of nitrogens with zero attached hydrogens (tertiary/aromatic N) is 2. The number of ether oxygens (including phenoxy) is 4. The van der Waals surface area contributed by atoms with E-state index in [1.807, 2.05) is 24.3 Å². The van der Waals surface area contributed by atoms with Crippen LogP contribution in [0.25, 0.3) is 11.1 Å². The molecule has 16 nitrogen and oxygen atoms in total. The standard InChI is InChI=1S/C39H52N4O12S2/c1-6-52-34-20-29(28-12-10-27(11-13-28)23-41-36(45)55-38(2,3)4)14-15-35(34)57(50,51)42-18-16-39(17-19-42)22-30(25-54-39)43(37(46)47)24-31(44)26-53-32-8-7-9-33(21-32)56(48,49)40-5/h7-15,20-21,30-31,40,44H,6,16-19,22-26H2,1-5H3,(H,41,45)(H,46,47). The molecule has 0 aliphatic carbocycles. The lowest BCUT2D eigenvalue weighted by Crippen LogP contribution is -2.48. The van der Waals surface area contributed by atoms with Crippen molar-refractivity contribution in [1.82, 2.24) is 19.2 Å². The monoisotopic (exact) mass is 832 g/mol. The van der Waals surface area contributed by atoms with Gasteiger partial charge in [0.2, 0.25) is 20.0 Å². The predicted molar refractivity (Wildman–Crippen MR) is 210 cm³/mol. The van der Waals surface area contributed by atoms with Crippen LogP contribution in [0.5, 0.6) is 11.5 Å². The molecule has 2 saturated heterocycles. The van der Waals surface area contributed by atoms with Crippen molar-refractivity contribution in [1.29, 1.82) is 0 Å². The molecule has 0 radical (unpaired) electrons. The highest BCUT2D eigenvalue weighted by Crippen LogP contribution is 2.40. The Balaban J connectivity index is 1.18. The third-order valence-corrected chi connectivity index (χ3v) is 13.1. The fourth-order valence-electron chi connectivity index (χ4n) is 6.82. The summed E-state index contributed by atoms with van der Waals surface area (Å²) in [6.45, 7) is 7.48.